The first-order chi connectivity index (χ1) is 14.8. The number of aryl methyl sites for hydroxylation is 4. The van der Waals surface area contributed by atoms with Gasteiger partial charge in [-0.25, -0.2) is 6.08 Å². The molecule has 2 aliphatic carbocycles. The molecule has 3 heteroatoms. The summed E-state index contributed by atoms with van der Waals surface area (Å²) in [5.41, 5.74) is 12.8. The molecule has 1 atom stereocenters. The summed E-state index contributed by atoms with van der Waals surface area (Å²) in [6, 6.07) is 10.5. The van der Waals surface area contributed by atoms with E-state index in [2.05, 4.69) is 112 Å². The Bertz CT molecular complexity index is 993. The third kappa shape index (κ3) is 9.04. The van der Waals surface area contributed by atoms with Gasteiger partial charge in [-0.2, -0.15) is 34.9 Å². The maximum absolute atomic E-state index is 3.54. The van der Waals surface area contributed by atoms with Gasteiger partial charge in [0.1, 0.15) is 0 Å². The van der Waals surface area contributed by atoms with E-state index in [4.69, 9.17) is 0 Å². The van der Waals surface area contributed by atoms with Crippen LogP contribution in [0.2, 0.25) is 0 Å². The molecule has 1 unspecified atom stereocenters. The van der Waals surface area contributed by atoms with Gasteiger partial charge in [-0.05, 0) is 37.0 Å². The number of benzene rings is 2. The molecule has 184 valence electrons. The van der Waals surface area contributed by atoms with Gasteiger partial charge in [-0.15, -0.1) is 11.1 Å². The Morgan fingerprint density at radius 1 is 0.941 bits per heavy atom. The predicted molar refractivity (Wildman–Crippen MR) is 138 cm³/mol. The monoisotopic (exact) mass is 572 g/mol. The molecular weight excluding hydrogens is 534 g/mol. The molecule has 0 radical (unpaired) electrons. The van der Waals surface area contributed by atoms with E-state index in [0.717, 1.165) is 6.42 Å². The number of halogens is 2. The van der Waals surface area contributed by atoms with Crippen LogP contribution in [-0.2, 0) is 30.7 Å². The molecule has 0 saturated heterocycles. The zero-order chi connectivity index (χ0) is 24.2. The fourth-order valence-corrected chi connectivity index (χ4v) is 3.86. The van der Waals surface area contributed by atoms with E-state index >= 15 is 0 Å². The van der Waals surface area contributed by atoms with Crippen LogP contribution in [0.15, 0.2) is 35.9 Å². The van der Waals surface area contributed by atoms with Crippen molar-refractivity contribution < 1.29 is 49.0 Å². The summed E-state index contributed by atoms with van der Waals surface area (Å²) in [6.07, 6.45) is 10.1. The van der Waals surface area contributed by atoms with Crippen LogP contribution >= 0.6 is 0 Å². The Morgan fingerprint density at radius 3 is 1.94 bits per heavy atom. The van der Waals surface area contributed by atoms with E-state index in [1.807, 2.05) is 0 Å². The fraction of sp³-hybridized carbons (Fsp3) is 0.452. The smallest absolute Gasteiger partial charge is 0.0253 e. The van der Waals surface area contributed by atoms with E-state index in [1.165, 1.54) is 59.7 Å². The zero-order valence-electron chi connectivity index (χ0n) is 22.6. The molecule has 0 spiro atoms. The van der Waals surface area contributed by atoms with Gasteiger partial charge >= 0.3 is 41.3 Å². The second-order valence-electron chi connectivity index (χ2n) is 10.4. The standard InChI is InChI=1S/C17H17.C11H17.C3H6.2ClH.Zr/c1-10-5-14-9-15-6-11(2)13(4)8-17(15)16(14)7-12(10)3;1-5-9-6-7-10(8-9)11(2,3)4;1-3-2;;;/h5,7-8H,9H2,1-4H3;7-9H,5H2,1-4H3;1-2H3;2*1H;/q2*-1;;;;+2/p-2. The van der Waals surface area contributed by atoms with E-state index in [9.17, 15) is 0 Å². The minimum atomic E-state index is 0. The van der Waals surface area contributed by atoms with Gasteiger partial charge in [0.05, 0.1) is 0 Å². The SMILES string of the molecule is CCC1[C-]=CC(C(C)(C)C)=C1.C[C](C)=[Zr+2].Cc1[c-]c2c(cc1C)-c1cc(C)c(C)cc1C2.[Cl-].[Cl-]. The first-order valence-corrected chi connectivity index (χ1v) is 13.0. The van der Waals surface area contributed by atoms with Crippen molar-refractivity contribution >= 4 is 3.21 Å². The van der Waals surface area contributed by atoms with Crippen LogP contribution in [-0.4, -0.2) is 3.21 Å². The second-order valence-corrected chi connectivity index (χ2v) is 12.9. The zero-order valence-corrected chi connectivity index (χ0v) is 26.6. The predicted octanol–water partition coefficient (Wildman–Crippen LogP) is 2.40. The first-order valence-electron chi connectivity index (χ1n) is 11.8. The molecule has 0 bridgehead atoms. The summed E-state index contributed by atoms with van der Waals surface area (Å²) in [4.78, 5) is 0. The summed E-state index contributed by atoms with van der Waals surface area (Å²) in [5, 5.41) is 0. The summed E-state index contributed by atoms with van der Waals surface area (Å²) in [7, 11) is 0. The molecule has 2 aromatic rings. The number of hydrogen-bond donors (Lipinski definition) is 0. The van der Waals surface area contributed by atoms with Gasteiger partial charge in [-0.1, -0.05) is 77.0 Å². The molecule has 0 nitrogen and oxygen atoms in total. The normalized spacial score (nSPS) is 14.8. The molecule has 0 aliphatic heterocycles. The summed E-state index contributed by atoms with van der Waals surface area (Å²) in [6.45, 7) is 21.9. The van der Waals surface area contributed by atoms with Crippen molar-refractivity contribution in [3.8, 4) is 11.1 Å². The summed E-state index contributed by atoms with van der Waals surface area (Å²) < 4.78 is 1.51. The van der Waals surface area contributed by atoms with Crippen molar-refractivity contribution in [2.75, 3.05) is 0 Å². The Kier molecular flexibility index (Phi) is 13.8. The molecule has 0 heterocycles. The maximum Gasteiger partial charge on any atom is -0.0253 e. The van der Waals surface area contributed by atoms with Gasteiger partial charge in [0.15, 0.2) is 0 Å². The van der Waals surface area contributed by atoms with Crippen molar-refractivity contribution in [3.05, 3.63) is 81.4 Å². The quantitative estimate of drug-likeness (QED) is 0.392. The van der Waals surface area contributed by atoms with E-state index in [-0.39, 0.29) is 24.8 Å². The Hall–Kier alpha value is -0.747. The Morgan fingerprint density at radius 2 is 1.47 bits per heavy atom. The van der Waals surface area contributed by atoms with Crippen molar-refractivity contribution in [3.63, 3.8) is 0 Å². The van der Waals surface area contributed by atoms with Crippen LogP contribution in [0, 0.1) is 51.2 Å². The molecule has 0 saturated carbocycles. The number of fused-ring (bicyclic) bond motifs is 3. The van der Waals surface area contributed by atoms with E-state index < -0.39 is 0 Å². The number of allylic oxidation sites excluding steroid dienone is 4. The minimum Gasteiger partial charge on any atom is -1.00 e. The maximum atomic E-state index is 3.54. The van der Waals surface area contributed by atoms with Crippen LogP contribution in [0.3, 0.4) is 0 Å². The van der Waals surface area contributed by atoms with Crippen LogP contribution in [0.1, 0.15) is 81.3 Å². The molecule has 34 heavy (non-hydrogen) atoms. The minimum absolute atomic E-state index is 0. The molecule has 2 aliphatic rings. The third-order valence-corrected chi connectivity index (χ3v) is 6.13. The third-order valence-electron chi connectivity index (χ3n) is 6.13. The summed E-state index contributed by atoms with van der Waals surface area (Å²) in [5.74, 6) is 0.573. The van der Waals surface area contributed by atoms with Crippen LogP contribution in [0.5, 0.6) is 0 Å². The van der Waals surface area contributed by atoms with Crippen molar-refractivity contribution in [1.29, 1.82) is 0 Å². The van der Waals surface area contributed by atoms with Gasteiger partial charge in [-0.3, -0.25) is 6.08 Å². The van der Waals surface area contributed by atoms with E-state index in [0.29, 0.717) is 11.3 Å². The van der Waals surface area contributed by atoms with E-state index in [1.54, 1.807) is 24.2 Å². The van der Waals surface area contributed by atoms with Crippen molar-refractivity contribution in [1.82, 2.24) is 0 Å². The second kappa shape index (κ2) is 14.1. The molecule has 0 fully saturated rings. The summed E-state index contributed by atoms with van der Waals surface area (Å²) >= 11 is 1.55. The molecular formula is C31H40Cl2Zr-2. The molecule has 0 amide bonds. The Labute approximate surface area is 236 Å². The Balaban J connectivity index is 0.000000560. The van der Waals surface area contributed by atoms with Crippen LogP contribution in [0.25, 0.3) is 11.1 Å². The first kappa shape index (κ1) is 33.3. The average molecular weight is 575 g/mol. The van der Waals surface area contributed by atoms with Gasteiger partial charge in [0, 0.05) is 0 Å². The number of rotatable bonds is 1. The molecule has 0 N–H and O–H groups in total. The number of hydrogen-bond acceptors (Lipinski definition) is 0. The average Bonchev–Trinajstić information content (AvgIpc) is 3.28. The van der Waals surface area contributed by atoms with Crippen molar-refractivity contribution in [2.24, 2.45) is 11.3 Å². The van der Waals surface area contributed by atoms with Gasteiger partial charge in [0.2, 0.25) is 0 Å². The van der Waals surface area contributed by atoms with Crippen LogP contribution < -0.4 is 24.8 Å². The topological polar surface area (TPSA) is 0 Å². The molecule has 2 aromatic carbocycles. The molecule has 4 rings (SSSR count). The largest absolute Gasteiger partial charge is 1.00 e. The van der Waals surface area contributed by atoms with Gasteiger partial charge in [0.25, 0.3) is 0 Å². The van der Waals surface area contributed by atoms with Crippen LogP contribution in [0.4, 0.5) is 0 Å². The van der Waals surface area contributed by atoms with Gasteiger partial charge < -0.3 is 24.8 Å². The molecule has 0 aromatic heterocycles. The fourth-order valence-electron chi connectivity index (χ4n) is 3.86. The van der Waals surface area contributed by atoms with Crippen molar-refractivity contribution in [2.45, 2.75) is 82.1 Å².